The summed E-state index contributed by atoms with van der Waals surface area (Å²) in [5.41, 5.74) is 0.520. The lowest BCUT2D eigenvalue weighted by molar-refractivity contribution is -0.275. The molecule has 0 spiro atoms. The van der Waals surface area contributed by atoms with Gasteiger partial charge < -0.3 is 14.6 Å². The standard InChI is InChI=1S/C21H14F6O4/c22-20(23,24)30-18-5-1-3-14(11-18)7-9-16(28)13-17(29)10-8-15-4-2-6-19(12-15)31-21(25,26)27/h1-13,28H/b9-7+,10-8+,16-13-. The molecule has 0 heterocycles. The maximum absolute atomic E-state index is 12.2. The molecule has 0 aliphatic carbocycles. The van der Waals surface area contributed by atoms with Crippen molar-refractivity contribution in [1.29, 1.82) is 0 Å². The van der Waals surface area contributed by atoms with E-state index in [-0.39, 0.29) is 11.1 Å². The van der Waals surface area contributed by atoms with Crippen molar-refractivity contribution in [2.75, 3.05) is 0 Å². The van der Waals surface area contributed by atoms with Gasteiger partial charge in [0, 0.05) is 6.08 Å². The van der Waals surface area contributed by atoms with E-state index in [1.807, 2.05) is 0 Å². The fraction of sp³-hybridized carbons (Fsp3) is 0.0952. The number of ketones is 1. The summed E-state index contributed by atoms with van der Waals surface area (Å²) in [7, 11) is 0. The van der Waals surface area contributed by atoms with Gasteiger partial charge in [-0.2, -0.15) is 0 Å². The fourth-order valence-electron chi connectivity index (χ4n) is 2.23. The number of rotatable bonds is 7. The molecule has 31 heavy (non-hydrogen) atoms. The Balaban J connectivity index is 2.02. The van der Waals surface area contributed by atoms with Crippen LogP contribution in [-0.2, 0) is 4.79 Å². The molecule has 0 saturated heterocycles. The molecule has 0 amide bonds. The highest BCUT2D eigenvalue weighted by Gasteiger charge is 2.31. The molecule has 1 N–H and O–H groups in total. The summed E-state index contributed by atoms with van der Waals surface area (Å²) in [5, 5.41) is 9.77. The van der Waals surface area contributed by atoms with Gasteiger partial charge in [0.1, 0.15) is 17.3 Å². The Labute approximate surface area is 172 Å². The molecular formula is C21H14F6O4. The van der Waals surface area contributed by atoms with Crippen LogP contribution in [0.4, 0.5) is 26.3 Å². The molecule has 0 aliphatic rings. The zero-order valence-electron chi connectivity index (χ0n) is 15.4. The maximum atomic E-state index is 12.2. The molecule has 10 heteroatoms. The van der Waals surface area contributed by atoms with E-state index in [4.69, 9.17) is 0 Å². The van der Waals surface area contributed by atoms with E-state index in [1.54, 1.807) is 0 Å². The van der Waals surface area contributed by atoms with Crippen LogP contribution in [0.15, 0.2) is 72.5 Å². The number of carbonyl (C=O) groups is 1. The minimum atomic E-state index is -4.85. The Morgan fingerprint density at radius 3 is 1.68 bits per heavy atom. The normalized spacial score (nSPS) is 13.0. The highest BCUT2D eigenvalue weighted by Crippen LogP contribution is 2.25. The van der Waals surface area contributed by atoms with E-state index >= 15 is 0 Å². The van der Waals surface area contributed by atoms with Crippen LogP contribution in [0.1, 0.15) is 11.1 Å². The number of carbonyl (C=O) groups excluding carboxylic acids is 1. The summed E-state index contributed by atoms with van der Waals surface area (Å²) in [6.45, 7) is 0. The van der Waals surface area contributed by atoms with Crippen LogP contribution >= 0.6 is 0 Å². The topological polar surface area (TPSA) is 55.8 Å². The third-order valence-electron chi connectivity index (χ3n) is 3.36. The summed E-state index contributed by atoms with van der Waals surface area (Å²) in [6, 6.07) is 9.84. The molecule has 2 rings (SSSR count). The molecule has 0 aliphatic heterocycles. The number of alkyl halides is 6. The number of aliphatic hydroxyl groups excluding tert-OH is 1. The maximum Gasteiger partial charge on any atom is 0.573 e. The number of ether oxygens (including phenoxy) is 2. The first-order valence-electron chi connectivity index (χ1n) is 8.42. The quantitative estimate of drug-likeness (QED) is 0.238. The summed E-state index contributed by atoms with van der Waals surface area (Å²) in [6.07, 6.45) is -4.32. The van der Waals surface area contributed by atoms with Crippen molar-refractivity contribution in [1.82, 2.24) is 0 Å². The van der Waals surface area contributed by atoms with E-state index in [2.05, 4.69) is 9.47 Å². The number of hydrogen-bond acceptors (Lipinski definition) is 4. The zero-order chi connectivity index (χ0) is 23.1. The average molecular weight is 444 g/mol. The van der Waals surface area contributed by atoms with Gasteiger partial charge in [-0.3, -0.25) is 4.79 Å². The van der Waals surface area contributed by atoms with Gasteiger partial charge in [-0.15, -0.1) is 26.3 Å². The van der Waals surface area contributed by atoms with Crippen molar-refractivity contribution in [2.45, 2.75) is 12.7 Å². The van der Waals surface area contributed by atoms with Crippen molar-refractivity contribution in [3.05, 3.63) is 83.6 Å². The summed E-state index contributed by atoms with van der Waals surface area (Å²) >= 11 is 0. The molecule has 0 atom stereocenters. The highest BCUT2D eigenvalue weighted by molar-refractivity contribution is 6.02. The zero-order valence-corrected chi connectivity index (χ0v) is 15.4. The number of allylic oxidation sites excluding steroid dienone is 3. The SMILES string of the molecule is O=C(/C=C(O)/C=C/c1cccc(OC(F)(F)F)c1)/C=C/c1cccc(OC(F)(F)F)c1. The summed E-state index contributed by atoms with van der Waals surface area (Å²) < 4.78 is 80.9. The van der Waals surface area contributed by atoms with Gasteiger partial charge in [0.2, 0.25) is 0 Å². The second-order valence-electron chi connectivity index (χ2n) is 5.88. The van der Waals surface area contributed by atoms with Gasteiger partial charge in [-0.25, -0.2) is 0 Å². The molecule has 0 radical (unpaired) electrons. The van der Waals surface area contributed by atoms with Crippen LogP contribution in [-0.4, -0.2) is 23.6 Å². The van der Waals surface area contributed by atoms with E-state index in [1.165, 1.54) is 36.4 Å². The van der Waals surface area contributed by atoms with Crippen molar-refractivity contribution >= 4 is 17.9 Å². The predicted molar refractivity (Wildman–Crippen MR) is 100 cm³/mol. The second kappa shape index (κ2) is 9.88. The van der Waals surface area contributed by atoms with Gasteiger partial charge in [-0.05, 0) is 47.5 Å². The fourth-order valence-corrected chi connectivity index (χ4v) is 2.23. The summed E-state index contributed by atoms with van der Waals surface area (Å²) in [5.74, 6) is -2.08. The lowest BCUT2D eigenvalue weighted by Crippen LogP contribution is -2.17. The van der Waals surface area contributed by atoms with Crippen molar-refractivity contribution in [3.8, 4) is 11.5 Å². The Morgan fingerprint density at radius 1 is 0.774 bits per heavy atom. The van der Waals surface area contributed by atoms with Gasteiger partial charge in [0.05, 0.1) is 0 Å². The van der Waals surface area contributed by atoms with Gasteiger partial charge in [0.15, 0.2) is 5.78 Å². The Bertz CT molecular complexity index is 1000. The Morgan fingerprint density at radius 2 is 1.23 bits per heavy atom. The molecule has 4 nitrogen and oxygen atoms in total. The predicted octanol–water partition coefficient (Wildman–Crippen LogP) is 6.22. The first kappa shape index (κ1) is 23.6. The van der Waals surface area contributed by atoms with E-state index in [0.29, 0.717) is 0 Å². The smallest absolute Gasteiger partial charge is 0.508 e. The van der Waals surface area contributed by atoms with Crippen molar-refractivity contribution in [2.24, 2.45) is 0 Å². The van der Waals surface area contributed by atoms with Gasteiger partial charge >= 0.3 is 12.7 Å². The number of halogens is 6. The van der Waals surface area contributed by atoms with Crippen LogP contribution in [0.25, 0.3) is 12.2 Å². The highest BCUT2D eigenvalue weighted by atomic mass is 19.4. The third-order valence-corrected chi connectivity index (χ3v) is 3.36. The van der Waals surface area contributed by atoms with Crippen molar-refractivity contribution in [3.63, 3.8) is 0 Å². The van der Waals surface area contributed by atoms with E-state index in [9.17, 15) is 36.2 Å². The first-order valence-corrected chi connectivity index (χ1v) is 8.42. The van der Waals surface area contributed by atoms with Crippen LogP contribution in [0.3, 0.4) is 0 Å². The van der Waals surface area contributed by atoms with Crippen LogP contribution in [0.2, 0.25) is 0 Å². The third kappa shape index (κ3) is 9.57. The summed E-state index contributed by atoms with van der Waals surface area (Å²) in [4.78, 5) is 11.8. The van der Waals surface area contributed by atoms with Gasteiger partial charge in [-0.1, -0.05) is 36.4 Å². The second-order valence-corrected chi connectivity index (χ2v) is 5.88. The minimum absolute atomic E-state index is 0.250. The Kier molecular flexibility index (Phi) is 7.51. The molecule has 0 saturated carbocycles. The van der Waals surface area contributed by atoms with E-state index < -0.39 is 35.8 Å². The lowest BCUT2D eigenvalue weighted by atomic mass is 10.1. The molecule has 0 fully saturated rings. The van der Waals surface area contributed by atoms with Crippen molar-refractivity contribution < 1.29 is 45.7 Å². The minimum Gasteiger partial charge on any atom is -0.508 e. The molecule has 0 aromatic heterocycles. The van der Waals surface area contributed by atoms with Crippen LogP contribution in [0.5, 0.6) is 11.5 Å². The van der Waals surface area contributed by atoms with E-state index in [0.717, 1.165) is 42.5 Å². The molecular weight excluding hydrogens is 430 g/mol. The first-order chi connectivity index (χ1) is 14.4. The van der Waals surface area contributed by atoms with Gasteiger partial charge in [0.25, 0.3) is 0 Å². The molecule has 2 aromatic carbocycles. The van der Waals surface area contributed by atoms with Crippen LogP contribution in [0, 0.1) is 0 Å². The largest absolute Gasteiger partial charge is 0.573 e. The number of hydrogen-bond donors (Lipinski definition) is 1. The van der Waals surface area contributed by atoms with Crippen LogP contribution < -0.4 is 9.47 Å². The monoisotopic (exact) mass is 444 g/mol. The average Bonchev–Trinajstić information content (AvgIpc) is 2.63. The molecule has 0 unspecified atom stereocenters. The number of benzene rings is 2. The molecule has 0 bridgehead atoms. The number of aliphatic hydroxyl groups is 1. The lowest BCUT2D eigenvalue weighted by Gasteiger charge is -2.08. The molecule has 164 valence electrons. The Hall–Kier alpha value is -3.69. The molecule has 2 aromatic rings.